The molecule has 4 rings (SSSR count). The Morgan fingerprint density at radius 2 is 1.76 bits per heavy atom. The number of hydrogen-bond acceptors (Lipinski definition) is 5. The quantitative estimate of drug-likeness (QED) is 0.511. The van der Waals surface area contributed by atoms with Crippen molar-refractivity contribution in [2.75, 3.05) is 24.1 Å². The van der Waals surface area contributed by atoms with Crippen molar-refractivity contribution in [2.45, 2.75) is 63.9 Å². The van der Waals surface area contributed by atoms with Crippen molar-refractivity contribution in [2.24, 2.45) is 11.8 Å². The summed E-state index contributed by atoms with van der Waals surface area (Å²) in [7, 11) is -3.85. The highest BCUT2D eigenvalue weighted by Gasteiger charge is 2.32. The van der Waals surface area contributed by atoms with Gasteiger partial charge < -0.3 is 9.47 Å². The van der Waals surface area contributed by atoms with Crippen LogP contribution in [0.5, 0.6) is 5.75 Å². The van der Waals surface area contributed by atoms with Crippen LogP contribution in [0, 0.1) is 11.8 Å². The molecule has 1 saturated heterocycles. The van der Waals surface area contributed by atoms with E-state index in [2.05, 4.69) is 6.92 Å². The number of rotatable bonds is 8. The third-order valence-electron chi connectivity index (χ3n) is 6.65. The van der Waals surface area contributed by atoms with Gasteiger partial charge in [0.2, 0.25) is 0 Å². The van der Waals surface area contributed by atoms with Gasteiger partial charge >= 0.3 is 0 Å². The molecule has 2 aliphatic heterocycles. The smallest absolute Gasteiger partial charge is 0.264 e. The lowest BCUT2D eigenvalue weighted by Crippen LogP contribution is -2.35. The molecule has 34 heavy (non-hydrogen) atoms. The van der Waals surface area contributed by atoms with E-state index in [1.54, 1.807) is 12.1 Å². The summed E-state index contributed by atoms with van der Waals surface area (Å²) in [6.45, 7) is 7.92. The van der Waals surface area contributed by atoms with Gasteiger partial charge in [0.05, 0.1) is 16.1 Å². The number of ether oxygens (including phenoxy) is 2. The Balaban J connectivity index is 1.59. The van der Waals surface area contributed by atoms with Crippen LogP contribution in [0.1, 0.15) is 62.4 Å². The first-order chi connectivity index (χ1) is 16.3. The van der Waals surface area contributed by atoms with Crippen LogP contribution < -0.4 is 9.04 Å². The minimum Gasteiger partial charge on any atom is -0.489 e. The van der Waals surface area contributed by atoms with E-state index in [1.165, 1.54) is 10.4 Å². The summed E-state index contributed by atoms with van der Waals surface area (Å²) in [4.78, 5) is 13.1. The first-order valence-corrected chi connectivity index (χ1v) is 13.7. The van der Waals surface area contributed by atoms with Gasteiger partial charge in [0, 0.05) is 26.2 Å². The van der Waals surface area contributed by atoms with Crippen LogP contribution in [0.15, 0.2) is 47.4 Å². The molecule has 184 valence electrons. The molecule has 1 unspecified atom stereocenters. The molecule has 0 radical (unpaired) electrons. The number of carbonyl (C=O) groups is 1. The first kappa shape index (κ1) is 24.7. The Kier molecular flexibility index (Phi) is 7.63. The Hall–Kier alpha value is -2.38. The summed E-state index contributed by atoms with van der Waals surface area (Å²) in [6, 6.07) is 12.3. The minimum absolute atomic E-state index is 0.0573. The first-order valence-electron chi connectivity index (χ1n) is 12.3. The third kappa shape index (κ3) is 5.47. The van der Waals surface area contributed by atoms with E-state index < -0.39 is 10.0 Å². The minimum atomic E-state index is -3.85. The number of benzene rings is 2. The molecule has 7 heteroatoms. The molecule has 0 spiro atoms. The van der Waals surface area contributed by atoms with Crippen LogP contribution in [-0.4, -0.2) is 40.1 Å². The zero-order valence-corrected chi connectivity index (χ0v) is 21.1. The summed E-state index contributed by atoms with van der Waals surface area (Å²) in [5.41, 5.74) is 2.13. The number of anilines is 1. The van der Waals surface area contributed by atoms with Gasteiger partial charge in [-0.15, -0.1) is 0 Å². The fourth-order valence-corrected chi connectivity index (χ4v) is 6.37. The van der Waals surface area contributed by atoms with Crippen molar-refractivity contribution >= 4 is 21.5 Å². The maximum absolute atomic E-state index is 13.7. The summed E-state index contributed by atoms with van der Waals surface area (Å²) < 4.78 is 40.4. The van der Waals surface area contributed by atoms with Gasteiger partial charge in [0.25, 0.3) is 10.0 Å². The molecule has 0 bridgehead atoms. The van der Waals surface area contributed by atoms with Gasteiger partial charge in [-0.2, -0.15) is 0 Å². The monoisotopic (exact) mass is 485 g/mol. The highest BCUT2D eigenvalue weighted by atomic mass is 32.2. The van der Waals surface area contributed by atoms with Crippen molar-refractivity contribution < 1.29 is 22.7 Å². The molecule has 0 aromatic heterocycles. The maximum atomic E-state index is 13.7. The molecule has 2 aromatic carbocycles. The number of hydrogen-bond donors (Lipinski definition) is 0. The van der Waals surface area contributed by atoms with Crippen molar-refractivity contribution in [1.29, 1.82) is 0 Å². The maximum Gasteiger partial charge on any atom is 0.264 e. The number of fused-ring (bicyclic) bond motifs is 1. The van der Waals surface area contributed by atoms with E-state index in [9.17, 15) is 13.2 Å². The van der Waals surface area contributed by atoms with Gasteiger partial charge in [-0.1, -0.05) is 32.9 Å². The Labute approximate surface area is 203 Å². The lowest BCUT2D eigenvalue weighted by atomic mass is 9.89. The average Bonchev–Trinajstić information content (AvgIpc) is 2.83. The Morgan fingerprint density at radius 1 is 1.06 bits per heavy atom. The molecule has 0 amide bonds. The number of Topliss-reactive ketones (excluding diaryl/α,β-unsaturated/α-hetero) is 1. The zero-order chi connectivity index (χ0) is 24.3. The molecule has 0 N–H and O–H groups in total. The van der Waals surface area contributed by atoms with E-state index in [0.717, 1.165) is 44.5 Å². The van der Waals surface area contributed by atoms with Crippen LogP contribution in [-0.2, 0) is 21.2 Å². The van der Waals surface area contributed by atoms with E-state index >= 15 is 0 Å². The lowest BCUT2D eigenvalue weighted by molar-refractivity contribution is 0.0436. The number of nitrogens with zero attached hydrogens (tertiary/aromatic N) is 1. The second kappa shape index (κ2) is 10.5. The molecule has 0 aliphatic carbocycles. The van der Waals surface area contributed by atoms with Crippen molar-refractivity contribution in [3.05, 3.63) is 53.6 Å². The van der Waals surface area contributed by atoms with Crippen LogP contribution in [0.3, 0.4) is 0 Å². The normalized spacial score (nSPS) is 19.1. The molecule has 6 nitrogen and oxygen atoms in total. The summed E-state index contributed by atoms with van der Waals surface area (Å²) in [5.74, 6) is 1.05. The lowest BCUT2D eigenvalue weighted by Gasteiger charge is -2.31. The summed E-state index contributed by atoms with van der Waals surface area (Å²) >= 11 is 0. The van der Waals surface area contributed by atoms with Crippen LogP contribution in [0.2, 0.25) is 0 Å². The van der Waals surface area contributed by atoms with Gasteiger partial charge in [0.1, 0.15) is 11.9 Å². The van der Waals surface area contributed by atoms with Crippen LogP contribution in [0.4, 0.5) is 5.69 Å². The highest BCUT2D eigenvalue weighted by Crippen LogP contribution is 2.35. The van der Waals surface area contributed by atoms with Crippen LogP contribution >= 0.6 is 0 Å². The van der Waals surface area contributed by atoms with E-state index in [-0.39, 0.29) is 29.1 Å². The zero-order valence-electron chi connectivity index (χ0n) is 20.3. The summed E-state index contributed by atoms with van der Waals surface area (Å²) in [5, 5.41) is 0. The fourth-order valence-electron chi connectivity index (χ4n) is 4.71. The molecule has 2 aliphatic rings. The number of ketones is 1. The standard InChI is InChI=1S/C27H35NO5S/c1-4-20-5-7-22(8-6-20)28(18-19(2)3)34(30,31)24-9-10-27-25(17-24)26(29)16-23(33-27)15-21-11-13-32-14-12-21/h5-10,17,19,21,23H,4,11-16,18H2,1-3H3. The molecule has 2 aromatic rings. The Morgan fingerprint density at radius 3 is 2.41 bits per heavy atom. The Bertz CT molecular complexity index is 1100. The molecular weight excluding hydrogens is 450 g/mol. The highest BCUT2D eigenvalue weighted by molar-refractivity contribution is 7.92. The predicted molar refractivity (Wildman–Crippen MR) is 133 cm³/mol. The van der Waals surface area contributed by atoms with E-state index in [1.807, 2.05) is 38.1 Å². The predicted octanol–water partition coefficient (Wildman–Crippen LogP) is 5.25. The van der Waals surface area contributed by atoms with Gasteiger partial charge in [-0.05, 0) is 73.4 Å². The molecule has 1 fully saturated rings. The van der Waals surface area contributed by atoms with Crippen molar-refractivity contribution in [3.8, 4) is 5.75 Å². The molecule has 1 atom stereocenters. The fraction of sp³-hybridized carbons (Fsp3) is 0.519. The summed E-state index contributed by atoms with van der Waals surface area (Å²) in [6.07, 6.45) is 3.80. The SMILES string of the molecule is CCc1ccc(N(CC(C)C)S(=O)(=O)c2ccc3c(c2)C(=O)CC(CC2CCOCC2)O3)cc1. The van der Waals surface area contributed by atoms with Gasteiger partial charge in [-0.25, -0.2) is 8.42 Å². The number of sulfonamides is 1. The third-order valence-corrected chi connectivity index (χ3v) is 8.44. The van der Waals surface area contributed by atoms with Gasteiger partial charge in [-0.3, -0.25) is 9.10 Å². The van der Waals surface area contributed by atoms with E-state index in [0.29, 0.717) is 29.5 Å². The number of carbonyl (C=O) groups excluding carboxylic acids is 1. The van der Waals surface area contributed by atoms with Gasteiger partial charge in [0.15, 0.2) is 5.78 Å². The van der Waals surface area contributed by atoms with Crippen LogP contribution in [0.25, 0.3) is 0 Å². The average molecular weight is 486 g/mol. The van der Waals surface area contributed by atoms with Crippen molar-refractivity contribution in [1.82, 2.24) is 0 Å². The number of aryl methyl sites for hydroxylation is 1. The molecular formula is C27H35NO5S. The molecule has 0 saturated carbocycles. The largest absolute Gasteiger partial charge is 0.489 e. The second-order valence-electron chi connectivity index (χ2n) is 9.77. The topological polar surface area (TPSA) is 72.9 Å². The van der Waals surface area contributed by atoms with E-state index in [4.69, 9.17) is 9.47 Å². The molecule has 2 heterocycles. The van der Waals surface area contributed by atoms with Crippen molar-refractivity contribution in [3.63, 3.8) is 0 Å². The second-order valence-corrected chi connectivity index (χ2v) is 11.6.